The summed E-state index contributed by atoms with van der Waals surface area (Å²) in [5.41, 5.74) is 22.8. The van der Waals surface area contributed by atoms with E-state index in [1.165, 1.54) is 44.5 Å². The Balaban J connectivity index is 1.05. The van der Waals surface area contributed by atoms with E-state index in [2.05, 4.69) is 264 Å². The molecule has 0 N–H and O–H groups in total. The van der Waals surface area contributed by atoms with E-state index in [1.807, 2.05) is 6.07 Å². The molecule has 0 unspecified atom stereocenters. The third-order valence-corrected chi connectivity index (χ3v) is 15.9. The van der Waals surface area contributed by atoms with Crippen LogP contribution in [0.15, 0.2) is 265 Å². The first-order valence-corrected chi connectivity index (χ1v) is 25.4. The molecule has 0 amide bonds. The van der Waals surface area contributed by atoms with Crippen molar-refractivity contribution < 1.29 is 4.42 Å². The molecular weight excluding hydrogens is 899 g/mol. The first kappa shape index (κ1) is 40.9. The zero-order chi connectivity index (χ0) is 48.5. The molecule has 74 heavy (non-hydrogen) atoms. The smallest absolute Gasteiger partial charge is 0.137 e. The Morgan fingerprint density at radius 3 is 1.72 bits per heavy atom. The molecule has 14 aromatic rings. The largest absolute Gasteiger partial charge is 0.456 e. The van der Waals surface area contributed by atoms with E-state index in [4.69, 9.17) is 9.40 Å². The fourth-order valence-electron chi connectivity index (χ4n) is 12.9. The van der Waals surface area contributed by atoms with Crippen LogP contribution in [0.1, 0.15) is 22.3 Å². The summed E-state index contributed by atoms with van der Waals surface area (Å²) >= 11 is 0. The van der Waals surface area contributed by atoms with Crippen molar-refractivity contribution >= 4 is 71.7 Å². The Morgan fingerprint density at radius 2 is 0.959 bits per heavy atom. The molecular formula is C70H43N3O. The molecule has 0 saturated carbocycles. The number of para-hydroxylation sites is 4. The summed E-state index contributed by atoms with van der Waals surface area (Å²) in [7, 11) is 0. The van der Waals surface area contributed by atoms with Crippen molar-refractivity contribution in [1.29, 1.82) is 0 Å². The van der Waals surface area contributed by atoms with Crippen LogP contribution in [0.3, 0.4) is 0 Å². The summed E-state index contributed by atoms with van der Waals surface area (Å²) in [4.78, 5) is 8.11. The molecule has 11 aromatic carbocycles. The third-order valence-electron chi connectivity index (χ3n) is 15.9. The van der Waals surface area contributed by atoms with Gasteiger partial charge in [-0.2, -0.15) is 0 Å². The first-order chi connectivity index (χ1) is 36.7. The fourth-order valence-corrected chi connectivity index (χ4v) is 12.9. The Morgan fingerprint density at radius 1 is 0.378 bits per heavy atom. The second kappa shape index (κ2) is 15.6. The maximum atomic E-state index is 6.76. The number of aromatic nitrogens is 2. The van der Waals surface area contributed by atoms with Crippen molar-refractivity contribution in [1.82, 2.24) is 9.55 Å². The summed E-state index contributed by atoms with van der Waals surface area (Å²) in [6, 6.07) is 95.4. The monoisotopic (exact) mass is 941 g/mol. The van der Waals surface area contributed by atoms with Gasteiger partial charge in [-0.3, -0.25) is 0 Å². The molecule has 16 rings (SSSR count). The molecule has 4 heteroatoms. The normalized spacial score (nSPS) is 13.0. The molecule has 2 aliphatic rings. The van der Waals surface area contributed by atoms with Crippen LogP contribution in [-0.2, 0) is 5.41 Å². The topological polar surface area (TPSA) is 34.2 Å². The van der Waals surface area contributed by atoms with Gasteiger partial charge in [0.25, 0.3) is 0 Å². The number of nitrogens with zero attached hydrogens (tertiary/aromatic N) is 3. The highest BCUT2D eigenvalue weighted by Crippen LogP contribution is 2.63. The second-order valence-electron chi connectivity index (χ2n) is 19.8. The molecule has 3 aromatic heterocycles. The number of furan rings is 1. The van der Waals surface area contributed by atoms with Crippen molar-refractivity contribution in [3.05, 3.63) is 283 Å². The van der Waals surface area contributed by atoms with E-state index < -0.39 is 5.41 Å². The van der Waals surface area contributed by atoms with E-state index in [9.17, 15) is 0 Å². The van der Waals surface area contributed by atoms with Crippen LogP contribution < -0.4 is 4.90 Å². The maximum Gasteiger partial charge on any atom is 0.137 e. The Kier molecular flexibility index (Phi) is 8.63. The van der Waals surface area contributed by atoms with Gasteiger partial charge in [-0.05, 0) is 123 Å². The quantitative estimate of drug-likeness (QED) is 0.167. The zero-order valence-corrected chi connectivity index (χ0v) is 40.1. The van der Waals surface area contributed by atoms with E-state index in [-0.39, 0.29) is 0 Å². The van der Waals surface area contributed by atoms with E-state index in [1.54, 1.807) is 0 Å². The first-order valence-electron chi connectivity index (χ1n) is 25.4. The summed E-state index contributed by atoms with van der Waals surface area (Å²) in [5, 5.41) is 5.57. The van der Waals surface area contributed by atoms with Crippen LogP contribution >= 0.6 is 0 Å². The fraction of sp³-hybridized carbons (Fsp3) is 0.0143. The lowest BCUT2D eigenvalue weighted by atomic mass is 9.70. The van der Waals surface area contributed by atoms with Crippen molar-refractivity contribution in [2.75, 3.05) is 4.90 Å². The summed E-state index contributed by atoms with van der Waals surface area (Å²) in [6.45, 7) is 0. The minimum Gasteiger partial charge on any atom is -0.456 e. The lowest BCUT2D eigenvalue weighted by Gasteiger charge is -2.32. The van der Waals surface area contributed by atoms with Gasteiger partial charge < -0.3 is 13.9 Å². The Labute approximate surface area is 427 Å². The highest BCUT2D eigenvalue weighted by Gasteiger charge is 2.51. The van der Waals surface area contributed by atoms with Gasteiger partial charge in [0.05, 0.1) is 33.3 Å². The molecule has 4 nitrogen and oxygen atoms in total. The molecule has 344 valence electrons. The average Bonchev–Trinajstić information content (AvgIpc) is 4.21. The molecule has 0 atom stereocenters. The van der Waals surface area contributed by atoms with E-state index in [0.717, 1.165) is 99.8 Å². The summed E-state index contributed by atoms with van der Waals surface area (Å²) in [5.74, 6) is 0. The van der Waals surface area contributed by atoms with Crippen LogP contribution in [0.2, 0.25) is 0 Å². The highest BCUT2D eigenvalue weighted by molar-refractivity contribution is 6.18. The number of anilines is 3. The molecule has 1 spiro atoms. The van der Waals surface area contributed by atoms with E-state index >= 15 is 0 Å². The zero-order valence-electron chi connectivity index (χ0n) is 40.1. The Bertz CT molecular complexity index is 4560. The van der Waals surface area contributed by atoms with Crippen molar-refractivity contribution in [2.24, 2.45) is 0 Å². The van der Waals surface area contributed by atoms with Crippen molar-refractivity contribution in [2.45, 2.75) is 5.41 Å². The predicted octanol–water partition coefficient (Wildman–Crippen LogP) is 18.4. The third kappa shape index (κ3) is 5.70. The van der Waals surface area contributed by atoms with Gasteiger partial charge in [-0.1, -0.05) is 182 Å². The van der Waals surface area contributed by atoms with Gasteiger partial charge in [0, 0.05) is 61.2 Å². The number of rotatable bonds is 6. The molecule has 0 fully saturated rings. The summed E-state index contributed by atoms with van der Waals surface area (Å²) < 4.78 is 9.20. The molecule has 0 radical (unpaired) electrons. The van der Waals surface area contributed by atoms with Gasteiger partial charge in [-0.15, -0.1) is 0 Å². The van der Waals surface area contributed by atoms with Gasteiger partial charge in [0.15, 0.2) is 0 Å². The molecule has 0 bridgehead atoms. The van der Waals surface area contributed by atoms with Crippen molar-refractivity contribution in [3.63, 3.8) is 0 Å². The molecule has 2 aliphatic carbocycles. The molecule has 0 aliphatic heterocycles. The van der Waals surface area contributed by atoms with Gasteiger partial charge in [-0.25, -0.2) is 4.98 Å². The minimum atomic E-state index is -0.538. The molecule has 3 heterocycles. The molecule has 0 saturated heterocycles. The van der Waals surface area contributed by atoms with Gasteiger partial charge in [0.1, 0.15) is 11.2 Å². The lowest BCUT2D eigenvalue weighted by Crippen LogP contribution is -2.26. The maximum absolute atomic E-state index is 6.76. The van der Waals surface area contributed by atoms with Crippen LogP contribution in [0.5, 0.6) is 0 Å². The Hall–Kier alpha value is -9.77. The highest BCUT2D eigenvalue weighted by atomic mass is 16.3. The van der Waals surface area contributed by atoms with E-state index in [0.29, 0.717) is 0 Å². The number of benzene rings is 11. The van der Waals surface area contributed by atoms with Crippen LogP contribution in [0.25, 0.3) is 105 Å². The van der Waals surface area contributed by atoms with Crippen molar-refractivity contribution in [3.8, 4) is 50.3 Å². The van der Waals surface area contributed by atoms with Crippen LogP contribution in [-0.4, -0.2) is 9.55 Å². The van der Waals surface area contributed by atoms with Crippen LogP contribution in [0.4, 0.5) is 17.1 Å². The second-order valence-corrected chi connectivity index (χ2v) is 19.8. The SMILES string of the molecule is c1ccc(-c2cc3ccccc3nc2-c2cc(N(c3ccc4c(c3)C3(c5ccccc5-c5ccccc53)c3ccccc3-4)c3ccc4c(c3)oc3ccccc34)c3c4ccccc4n(-c4ccccc4)c3c2)cc1. The number of hydrogen-bond acceptors (Lipinski definition) is 3. The standard InChI is InChI=1S/C70H43N3O/c1-3-19-44(20-4-1)57-39-45-21-7-16-32-62(45)71-69(57)46-40-64(68-56-28-11-17-33-63(56)73(65(68)41-46)47-22-5-2-6-23-47)72(49-36-38-55-54-27-12-18-34-66(54)74-67(55)43-49)48-35-37-53-52-26-10-15-31-60(52)70(61(53)42-48)58-29-13-8-24-50(58)51-25-9-14-30-59(51)70/h1-43H. The number of pyridine rings is 1. The van der Waals surface area contributed by atoms with Gasteiger partial charge in [0.2, 0.25) is 0 Å². The summed E-state index contributed by atoms with van der Waals surface area (Å²) in [6.07, 6.45) is 0. The lowest BCUT2D eigenvalue weighted by molar-refractivity contribution is 0.669. The number of fused-ring (bicyclic) bond motifs is 17. The average molecular weight is 942 g/mol. The minimum absolute atomic E-state index is 0.538. The predicted molar refractivity (Wildman–Crippen MR) is 305 cm³/mol. The van der Waals surface area contributed by atoms with Crippen LogP contribution in [0, 0.1) is 0 Å². The van der Waals surface area contributed by atoms with Gasteiger partial charge >= 0.3 is 0 Å². The number of hydrogen-bond donors (Lipinski definition) is 0.